The molecule has 0 saturated carbocycles. The SMILES string of the molecule is O=C(Nc1ccc(NC(=O)c2ccc(Br)o2)c(C(F)(F)F)c1)c1ccco1. The molecule has 0 radical (unpaired) electrons. The molecule has 0 bridgehead atoms. The Hall–Kier alpha value is -3.01. The molecule has 2 amide bonds. The van der Waals surface area contributed by atoms with Crippen molar-refractivity contribution >= 4 is 39.1 Å². The molecule has 2 heterocycles. The second-order valence-electron chi connectivity index (χ2n) is 5.25. The van der Waals surface area contributed by atoms with E-state index in [-0.39, 0.29) is 21.9 Å². The van der Waals surface area contributed by atoms with Gasteiger partial charge in [-0.2, -0.15) is 13.2 Å². The van der Waals surface area contributed by atoms with Crippen molar-refractivity contribution in [3.05, 3.63) is 70.5 Å². The Morgan fingerprint density at radius 1 is 0.963 bits per heavy atom. The van der Waals surface area contributed by atoms with Crippen LogP contribution in [-0.2, 0) is 6.18 Å². The Morgan fingerprint density at radius 2 is 1.70 bits per heavy atom. The highest BCUT2D eigenvalue weighted by Crippen LogP contribution is 2.37. The first-order valence-corrected chi connectivity index (χ1v) is 8.16. The quantitative estimate of drug-likeness (QED) is 0.584. The number of anilines is 2. The summed E-state index contributed by atoms with van der Waals surface area (Å²) in [5.74, 6) is -1.77. The minimum Gasteiger partial charge on any atom is -0.459 e. The van der Waals surface area contributed by atoms with Gasteiger partial charge in [0.25, 0.3) is 11.8 Å². The van der Waals surface area contributed by atoms with E-state index < -0.39 is 29.2 Å². The number of benzene rings is 1. The second-order valence-corrected chi connectivity index (χ2v) is 6.03. The van der Waals surface area contributed by atoms with Crippen LogP contribution in [0.4, 0.5) is 24.5 Å². The summed E-state index contributed by atoms with van der Waals surface area (Å²) in [5.41, 5.74) is -1.71. The van der Waals surface area contributed by atoms with Crippen LogP contribution in [0.1, 0.15) is 26.7 Å². The van der Waals surface area contributed by atoms with Crippen molar-refractivity contribution in [2.75, 3.05) is 10.6 Å². The molecule has 2 aromatic heterocycles. The topological polar surface area (TPSA) is 84.5 Å². The van der Waals surface area contributed by atoms with Gasteiger partial charge in [0.05, 0.1) is 17.5 Å². The highest BCUT2D eigenvalue weighted by atomic mass is 79.9. The number of furan rings is 2. The molecule has 140 valence electrons. The van der Waals surface area contributed by atoms with Crippen LogP contribution < -0.4 is 10.6 Å². The van der Waals surface area contributed by atoms with Gasteiger partial charge in [0, 0.05) is 5.69 Å². The predicted molar refractivity (Wildman–Crippen MR) is 92.5 cm³/mol. The maximum atomic E-state index is 13.4. The van der Waals surface area contributed by atoms with Crippen LogP contribution in [0.25, 0.3) is 0 Å². The third kappa shape index (κ3) is 4.40. The normalized spacial score (nSPS) is 11.3. The molecule has 3 aromatic rings. The summed E-state index contributed by atoms with van der Waals surface area (Å²) < 4.78 is 50.3. The molecule has 6 nitrogen and oxygen atoms in total. The molecular weight excluding hydrogens is 433 g/mol. The van der Waals surface area contributed by atoms with E-state index in [1.54, 1.807) is 0 Å². The number of carbonyl (C=O) groups is 2. The van der Waals surface area contributed by atoms with Crippen LogP contribution in [0.3, 0.4) is 0 Å². The molecule has 0 fully saturated rings. The minimum atomic E-state index is -4.77. The third-order valence-electron chi connectivity index (χ3n) is 3.37. The van der Waals surface area contributed by atoms with Gasteiger partial charge in [-0.05, 0) is 58.4 Å². The summed E-state index contributed by atoms with van der Waals surface area (Å²) in [6.45, 7) is 0. The van der Waals surface area contributed by atoms with Crippen LogP contribution in [0.5, 0.6) is 0 Å². The van der Waals surface area contributed by atoms with E-state index >= 15 is 0 Å². The number of rotatable bonds is 4. The van der Waals surface area contributed by atoms with Crippen LogP contribution in [0, 0.1) is 0 Å². The zero-order valence-corrected chi connectivity index (χ0v) is 14.8. The Bertz CT molecular complexity index is 980. The highest BCUT2D eigenvalue weighted by molar-refractivity contribution is 9.10. The number of amides is 2. The lowest BCUT2D eigenvalue weighted by atomic mass is 10.1. The van der Waals surface area contributed by atoms with Gasteiger partial charge in [-0.3, -0.25) is 9.59 Å². The van der Waals surface area contributed by atoms with Gasteiger partial charge in [0.2, 0.25) is 0 Å². The molecule has 0 aliphatic rings. The Kier molecular flexibility index (Phi) is 5.08. The van der Waals surface area contributed by atoms with Gasteiger partial charge in [0.1, 0.15) is 0 Å². The van der Waals surface area contributed by atoms with E-state index in [9.17, 15) is 22.8 Å². The second kappa shape index (κ2) is 7.31. The number of halogens is 4. The largest absolute Gasteiger partial charge is 0.459 e. The Morgan fingerprint density at radius 3 is 2.30 bits per heavy atom. The molecule has 3 rings (SSSR count). The monoisotopic (exact) mass is 442 g/mol. The van der Waals surface area contributed by atoms with E-state index in [1.165, 1.54) is 36.6 Å². The Balaban J connectivity index is 1.86. The highest BCUT2D eigenvalue weighted by Gasteiger charge is 2.34. The number of alkyl halides is 3. The number of hydrogen-bond donors (Lipinski definition) is 2. The van der Waals surface area contributed by atoms with E-state index in [0.29, 0.717) is 6.07 Å². The lowest BCUT2D eigenvalue weighted by molar-refractivity contribution is -0.136. The maximum Gasteiger partial charge on any atom is 0.418 e. The lowest BCUT2D eigenvalue weighted by Gasteiger charge is -2.15. The van der Waals surface area contributed by atoms with Crippen LogP contribution >= 0.6 is 15.9 Å². The molecule has 2 N–H and O–H groups in total. The Labute approximate surface area is 158 Å². The molecule has 0 atom stereocenters. The van der Waals surface area contributed by atoms with E-state index in [2.05, 4.69) is 26.6 Å². The van der Waals surface area contributed by atoms with Gasteiger partial charge in [0.15, 0.2) is 16.2 Å². The van der Waals surface area contributed by atoms with Crippen molar-refractivity contribution in [2.24, 2.45) is 0 Å². The molecule has 0 saturated heterocycles. The van der Waals surface area contributed by atoms with E-state index in [0.717, 1.165) is 6.07 Å². The van der Waals surface area contributed by atoms with Gasteiger partial charge in [-0.1, -0.05) is 0 Å². The van der Waals surface area contributed by atoms with Crippen LogP contribution in [0.2, 0.25) is 0 Å². The average Bonchev–Trinajstić information content (AvgIpc) is 3.26. The molecule has 1 aromatic carbocycles. The first-order valence-electron chi connectivity index (χ1n) is 7.37. The first kappa shape index (κ1) is 18.8. The molecule has 27 heavy (non-hydrogen) atoms. The van der Waals surface area contributed by atoms with Crippen molar-refractivity contribution in [3.8, 4) is 0 Å². The molecule has 0 aliphatic heterocycles. The van der Waals surface area contributed by atoms with E-state index in [1.807, 2.05) is 0 Å². The summed E-state index contributed by atoms with van der Waals surface area (Å²) in [5, 5.41) is 4.45. The van der Waals surface area contributed by atoms with Crippen molar-refractivity contribution in [3.63, 3.8) is 0 Å². The first-order chi connectivity index (χ1) is 12.7. The molecular formula is C17H10BrF3N2O4. The standard InChI is InChI=1S/C17H10BrF3N2O4/c18-14-6-5-13(27-14)16(25)23-11-4-3-9(8-10(11)17(19,20)21)22-15(24)12-2-1-7-26-12/h1-8H,(H,22,24)(H,23,25). The fraction of sp³-hybridized carbons (Fsp3) is 0.0588. The average molecular weight is 443 g/mol. The third-order valence-corrected chi connectivity index (χ3v) is 3.80. The summed E-state index contributed by atoms with van der Waals surface area (Å²) >= 11 is 3.01. The smallest absolute Gasteiger partial charge is 0.418 e. The van der Waals surface area contributed by atoms with Gasteiger partial charge in [-0.25, -0.2) is 0 Å². The number of nitrogens with one attached hydrogen (secondary N) is 2. The zero-order chi connectivity index (χ0) is 19.6. The van der Waals surface area contributed by atoms with Gasteiger partial charge < -0.3 is 19.5 Å². The zero-order valence-electron chi connectivity index (χ0n) is 13.3. The van der Waals surface area contributed by atoms with Crippen molar-refractivity contribution in [2.45, 2.75) is 6.18 Å². The van der Waals surface area contributed by atoms with Gasteiger partial charge >= 0.3 is 6.18 Å². The summed E-state index contributed by atoms with van der Waals surface area (Å²) in [6, 6.07) is 8.57. The fourth-order valence-corrected chi connectivity index (χ4v) is 2.49. The van der Waals surface area contributed by atoms with Crippen LogP contribution in [0.15, 0.2) is 62.2 Å². The fourth-order valence-electron chi connectivity index (χ4n) is 2.19. The maximum absolute atomic E-state index is 13.4. The molecule has 0 aliphatic carbocycles. The van der Waals surface area contributed by atoms with Crippen molar-refractivity contribution in [1.82, 2.24) is 0 Å². The summed E-state index contributed by atoms with van der Waals surface area (Å²) in [4.78, 5) is 24.0. The number of carbonyl (C=O) groups excluding carboxylic acids is 2. The summed E-state index contributed by atoms with van der Waals surface area (Å²) in [6.07, 6.45) is -3.50. The lowest BCUT2D eigenvalue weighted by Crippen LogP contribution is -2.17. The molecule has 10 heteroatoms. The molecule has 0 unspecified atom stereocenters. The minimum absolute atomic E-state index is 0.0515. The number of hydrogen-bond acceptors (Lipinski definition) is 4. The summed E-state index contributed by atoms with van der Waals surface area (Å²) in [7, 11) is 0. The van der Waals surface area contributed by atoms with Crippen molar-refractivity contribution in [1.29, 1.82) is 0 Å². The molecule has 0 spiro atoms. The van der Waals surface area contributed by atoms with Crippen LogP contribution in [-0.4, -0.2) is 11.8 Å². The van der Waals surface area contributed by atoms with Crippen molar-refractivity contribution < 1.29 is 31.6 Å². The van der Waals surface area contributed by atoms with Gasteiger partial charge in [-0.15, -0.1) is 0 Å². The predicted octanol–water partition coefficient (Wildman–Crippen LogP) is 5.16. The van der Waals surface area contributed by atoms with E-state index in [4.69, 9.17) is 8.83 Å².